The van der Waals surface area contributed by atoms with Gasteiger partial charge in [-0.05, 0) is 32.4 Å². The lowest BCUT2D eigenvalue weighted by Crippen LogP contribution is -2.14. The molecule has 0 saturated heterocycles. The number of hydrogen-bond donors (Lipinski definition) is 2. The van der Waals surface area contributed by atoms with E-state index in [-0.39, 0.29) is 0 Å². The Balaban J connectivity index is 2.13. The standard InChI is InChI=1S/C15H21N3/c1-4-7-16-10-15-17-9-14(18-15)13-6-5-11(2)8-12(13)3/h5-6,8-9,16H,4,7,10H2,1-3H3,(H,17,18). The Morgan fingerprint density at radius 3 is 2.83 bits per heavy atom. The minimum atomic E-state index is 0.804. The summed E-state index contributed by atoms with van der Waals surface area (Å²) in [5.41, 5.74) is 4.91. The molecule has 0 unspecified atom stereocenters. The van der Waals surface area contributed by atoms with Crippen LogP contribution < -0.4 is 5.32 Å². The molecule has 2 N–H and O–H groups in total. The molecule has 3 heteroatoms. The first-order valence-electron chi connectivity index (χ1n) is 6.53. The zero-order valence-corrected chi connectivity index (χ0v) is 11.4. The van der Waals surface area contributed by atoms with Gasteiger partial charge in [0, 0.05) is 5.56 Å². The molecule has 0 fully saturated rings. The van der Waals surface area contributed by atoms with E-state index in [1.54, 1.807) is 0 Å². The van der Waals surface area contributed by atoms with Crippen molar-refractivity contribution < 1.29 is 0 Å². The van der Waals surface area contributed by atoms with Crippen LogP contribution in [0, 0.1) is 13.8 Å². The van der Waals surface area contributed by atoms with Crippen LogP contribution in [0.25, 0.3) is 11.3 Å². The SMILES string of the molecule is CCCNCc1ncc(-c2ccc(C)cc2C)[nH]1. The summed E-state index contributed by atoms with van der Waals surface area (Å²) in [6.45, 7) is 8.25. The van der Waals surface area contributed by atoms with E-state index in [0.29, 0.717) is 0 Å². The number of benzene rings is 1. The van der Waals surface area contributed by atoms with E-state index in [2.05, 4.69) is 54.3 Å². The molecule has 0 aliphatic heterocycles. The molecule has 1 aromatic carbocycles. The molecule has 2 aromatic rings. The van der Waals surface area contributed by atoms with Gasteiger partial charge in [0.2, 0.25) is 0 Å². The van der Waals surface area contributed by atoms with Gasteiger partial charge in [-0.3, -0.25) is 0 Å². The van der Waals surface area contributed by atoms with Crippen LogP contribution in [-0.4, -0.2) is 16.5 Å². The second kappa shape index (κ2) is 5.83. The molecule has 0 amide bonds. The molecular weight excluding hydrogens is 222 g/mol. The van der Waals surface area contributed by atoms with Crippen LogP contribution in [0.2, 0.25) is 0 Å². The van der Waals surface area contributed by atoms with E-state index >= 15 is 0 Å². The normalized spacial score (nSPS) is 10.8. The topological polar surface area (TPSA) is 40.7 Å². The first-order valence-corrected chi connectivity index (χ1v) is 6.53. The molecule has 2 rings (SSSR count). The Hall–Kier alpha value is -1.61. The third-order valence-electron chi connectivity index (χ3n) is 3.02. The van der Waals surface area contributed by atoms with Crippen LogP contribution >= 0.6 is 0 Å². The number of nitrogens with one attached hydrogen (secondary N) is 2. The number of aryl methyl sites for hydroxylation is 2. The highest BCUT2D eigenvalue weighted by atomic mass is 15.0. The first-order chi connectivity index (χ1) is 8.70. The number of nitrogens with zero attached hydrogens (tertiary/aromatic N) is 1. The van der Waals surface area contributed by atoms with E-state index in [4.69, 9.17) is 0 Å². The zero-order valence-electron chi connectivity index (χ0n) is 11.4. The van der Waals surface area contributed by atoms with Crippen molar-refractivity contribution in [3.8, 4) is 11.3 Å². The van der Waals surface area contributed by atoms with Crippen molar-refractivity contribution in [2.45, 2.75) is 33.7 Å². The van der Waals surface area contributed by atoms with Crippen molar-refractivity contribution in [3.05, 3.63) is 41.3 Å². The molecule has 18 heavy (non-hydrogen) atoms. The fourth-order valence-electron chi connectivity index (χ4n) is 2.09. The van der Waals surface area contributed by atoms with Crippen LogP contribution in [0.1, 0.15) is 30.3 Å². The number of aromatic nitrogens is 2. The maximum Gasteiger partial charge on any atom is 0.120 e. The highest BCUT2D eigenvalue weighted by Crippen LogP contribution is 2.22. The number of hydrogen-bond acceptors (Lipinski definition) is 2. The summed E-state index contributed by atoms with van der Waals surface area (Å²) in [6.07, 6.45) is 3.06. The molecule has 0 radical (unpaired) electrons. The van der Waals surface area contributed by atoms with Crippen LogP contribution in [-0.2, 0) is 6.54 Å². The summed E-state index contributed by atoms with van der Waals surface area (Å²) in [5, 5.41) is 3.35. The molecule has 0 spiro atoms. The zero-order chi connectivity index (χ0) is 13.0. The van der Waals surface area contributed by atoms with Crippen LogP contribution in [0.5, 0.6) is 0 Å². The van der Waals surface area contributed by atoms with Gasteiger partial charge in [0.15, 0.2) is 0 Å². The molecule has 0 aliphatic carbocycles. The number of rotatable bonds is 5. The van der Waals surface area contributed by atoms with Gasteiger partial charge < -0.3 is 10.3 Å². The molecular formula is C15H21N3. The van der Waals surface area contributed by atoms with Gasteiger partial charge in [-0.2, -0.15) is 0 Å². The third-order valence-corrected chi connectivity index (χ3v) is 3.02. The van der Waals surface area contributed by atoms with Crippen molar-refractivity contribution in [1.29, 1.82) is 0 Å². The molecule has 0 aliphatic rings. The van der Waals surface area contributed by atoms with Crippen molar-refractivity contribution in [2.24, 2.45) is 0 Å². The van der Waals surface area contributed by atoms with Crippen molar-refractivity contribution >= 4 is 0 Å². The molecule has 0 saturated carbocycles. The molecule has 0 atom stereocenters. The summed E-state index contributed by atoms with van der Waals surface area (Å²) in [4.78, 5) is 7.78. The maximum absolute atomic E-state index is 4.41. The fraction of sp³-hybridized carbons (Fsp3) is 0.400. The quantitative estimate of drug-likeness (QED) is 0.792. The summed E-state index contributed by atoms with van der Waals surface area (Å²) in [7, 11) is 0. The highest BCUT2D eigenvalue weighted by Gasteiger charge is 2.05. The van der Waals surface area contributed by atoms with Crippen LogP contribution in [0.15, 0.2) is 24.4 Å². The van der Waals surface area contributed by atoms with Crippen LogP contribution in [0.3, 0.4) is 0 Å². The Bertz CT molecular complexity index is 514. The molecule has 0 bridgehead atoms. The van der Waals surface area contributed by atoms with Crippen molar-refractivity contribution in [1.82, 2.24) is 15.3 Å². The lowest BCUT2D eigenvalue weighted by atomic mass is 10.0. The van der Waals surface area contributed by atoms with Gasteiger partial charge in [-0.1, -0.05) is 30.7 Å². The summed E-state index contributed by atoms with van der Waals surface area (Å²) >= 11 is 0. The van der Waals surface area contributed by atoms with E-state index in [1.165, 1.54) is 16.7 Å². The van der Waals surface area contributed by atoms with Crippen molar-refractivity contribution in [2.75, 3.05) is 6.54 Å². The van der Waals surface area contributed by atoms with Gasteiger partial charge in [0.1, 0.15) is 5.82 Å². The Kier molecular flexibility index (Phi) is 4.15. The predicted molar refractivity (Wildman–Crippen MR) is 75.5 cm³/mol. The smallest absolute Gasteiger partial charge is 0.120 e. The van der Waals surface area contributed by atoms with Crippen molar-refractivity contribution in [3.63, 3.8) is 0 Å². The molecule has 1 aromatic heterocycles. The molecule has 3 nitrogen and oxygen atoms in total. The second-order valence-electron chi connectivity index (χ2n) is 4.74. The van der Waals surface area contributed by atoms with Gasteiger partial charge in [-0.15, -0.1) is 0 Å². The molecule has 1 heterocycles. The van der Waals surface area contributed by atoms with E-state index < -0.39 is 0 Å². The average Bonchev–Trinajstić information content (AvgIpc) is 2.78. The number of aromatic amines is 1. The Morgan fingerprint density at radius 1 is 1.28 bits per heavy atom. The van der Waals surface area contributed by atoms with E-state index in [9.17, 15) is 0 Å². The summed E-state index contributed by atoms with van der Waals surface area (Å²) in [6, 6.07) is 6.49. The number of H-pyrrole nitrogens is 1. The molecule has 96 valence electrons. The lowest BCUT2D eigenvalue weighted by Gasteiger charge is -2.04. The van der Waals surface area contributed by atoms with Gasteiger partial charge in [-0.25, -0.2) is 4.98 Å². The average molecular weight is 243 g/mol. The Morgan fingerprint density at radius 2 is 2.11 bits per heavy atom. The minimum absolute atomic E-state index is 0.804. The lowest BCUT2D eigenvalue weighted by molar-refractivity contribution is 0.655. The predicted octanol–water partition coefficient (Wildman–Crippen LogP) is 3.19. The first kappa shape index (κ1) is 12.8. The van der Waals surface area contributed by atoms with E-state index in [1.807, 2.05) is 6.20 Å². The van der Waals surface area contributed by atoms with Gasteiger partial charge >= 0.3 is 0 Å². The number of imidazole rings is 1. The maximum atomic E-state index is 4.41. The fourth-order valence-corrected chi connectivity index (χ4v) is 2.09. The largest absolute Gasteiger partial charge is 0.341 e. The Labute approximate surface area is 109 Å². The van der Waals surface area contributed by atoms with Gasteiger partial charge in [0.05, 0.1) is 18.4 Å². The highest BCUT2D eigenvalue weighted by molar-refractivity contribution is 5.63. The monoisotopic (exact) mass is 243 g/mol. The minimum Gasteiger partial charge on any atom is -0.341 e. The summed E-state index contributed by atoms with van der Waals surface area (Å²) in [5.74, 6) is 0.999. The van der Waals surface area contributed by atoms with Gasteiger partial charge in [0.25, 0.3) is 0 Å². The third kappa shape index (κ3) is 2.99. The van der Waals surface area contributed by atoms with E-state index in [0.717, 1.165) is 31.0 Å². The van der Waals surface area contributed by atoms with Crippen LogP contribution in [0.4, 0.5) is 0 Å². The second-order valence-corrected chi connectivity index (χ2v) is 4.74. The summed E-state index contributed by atoms with van der Waals surface area (Å²) < 4.78 is 0.